The number of amidine groups is 1. The van der Waals surface area contributed by atoms with Crippen molar-refractivity contribution in [3.63, 3.8) is 0 Å². The summed E-state index contributed by atoms with van der Waals surface area (Å²) in [4.78, 5) is 0. The van der Waals surface area contributed by atoms with E-state index in [2.05, 4.69) is 9.89 Å². The molecule has 21 heavy (non-hydrogen) atoms. The number of oxime groups is 1. The summed E-state index contributed by atoms with van der Waals surface area (Å²) < 4.78 is 45.3. The quantitative estimate of drug-likeness (QED) is 0.265. The third-order valence-corrected chi connectivity index (χ3v) is 2.52. The molecule has 0 aliphatic rings. The van der Waals surface area contributed by atoms with Crippen LogP contribution in [0, 0.1) is 0 Å². The molecule has 0 saturated carbocycles. The van der Waals surface area contributed by atoms with Gasteiger partial charge in [-0.25, -0.2) is 0 Å². The first-order valence-electron chi connectivity index (χ1n) is 5.88. The zero-order valence-electron chi connectivity index (χ0n) is 10.9. The maximum Gasteiger partial charge on any atom is 0.411 e. The summed E-state index contributed by atoms with van der Waals surface area (Å²) in [5, 5.41) is 11.9. The fourth-order valence-electron chi connectivity index (χ4n) is 1.41. The van der Waals surface area contributed by atoms with E-state index in [-0.39, 0.29) is 31.2 Å². The molecule has 0 spiro atoms. The molecular formula is C12H14ClF3N2O3. The van der Waals surface area contributed by atoms with Crippen molar-refractivity contribution in [3.8, 4) is 5.75 Å². The van der Waals surface area contributed by atoms with Crippen LogP contribution in [0.25, 0.3) is 0 Å². The summed E-state index contributed by atoms with van der Waals surface area (Å²) in [5.74, 6) is 0.114. The Balaban J connectivity index is 2.46. The molecule has 1 aromatic carbocycles. The highest BCUT2D eigenvalue weighted by atomic mass is 35.5. The lowest BCUT2D eigenvalue weighted by molar-refractivity contribution is -0.174. The van der Waals surface area contributed by atoms with Crippen molar-refractivity contribution < 1.29 is 27.9 Å². The minimum Gasteiger partial charge on any atom is -0.493 e. The highest BCUT2D eigenvalue weighted by Crippen LogP contribution is 2.23. The van der Waals surface area contributed by atoms with E-state index in [4.69, 9.17) is 27.3 Å². The molecule has 0 heterocycles. The molecule has 0 bridgehead atoms. The van der Waals surface area contributed by atoms with Crippen LogP contribution in [0.2, 0.25) is 5.02 Å². The van der Waals surface area contributed by atoms with E-state index in [1.165, 1.54) is 18.2 Å². The predicted octanol–water partition coefficient (Wildman–Crippen LogP) is 2.78. The lowest BCUT2D eigenvalue weighted by Gasteiger charge is -2.11. The first-order valence-corrected chi connectivity index (χ1v) is 6.26. The maximum atomic E-state index is 11.8. The number of nitrogens with zero attached hydrogens (tertiary/aromatic N) is 1. The number of rotatable bonds is 7. The van der Waals surface area contributed by atoms with Gasteiger partial charge in [-0.3, -0.25) is 0 Å². The topological polar surface area (TPSA) is 77.1 Å². The second-order valence-corrected chi connectivity index (χ2v) is 4.43. The zero-order chi connectivity index (χ0) is 15.9. The molecule has 3 N–H and O–H groups in total. The number of hydrogen-bond acceptors (Lipinski definition) is 4. The van der Waals surface area contributed by atoms with Crippen LogP contribution in [0.5, 0.6) is 5.75 Å². The molecule has 0 aliphatic carbocycles. The first-order chi connectivity index (χ1) is 9.83. The largest absolute Gasteiger partial charge is 0.493 e. The molecule has 0 radical (unpaired) electrons. The van der Waals surface area contributed by atoms with E-state index in [1.807, 2.05) is 0 Å². The van der Waals surface area contributed by atoms with Crippen LogP contribution >= 0.6 is 11.6 Å². The minimum atomic E-state index is -4.34. The molecule has 5 nitrogen and oxygen atoms in total. The normalized spacial score (nSPS) is 12.5. The predicted molar refractivity (Wildman–Crippen MR) is 70.9 cm³/mol. The minimum absolute atomic E-state index is 0.0982. The third kappa shape index (κ3) is 6.54. The highest BCUT2D eigenvalue weighted by Gasteiger charge is 2.27. The second kappa shape index (κ2) is 7.94. The molecule has 118 valence electrons. The number of halogens is 4. The van der Waals surface area contributed by atoms with Crippen LogP contribution in [0.15, 0.2) is 23.4 Å². The van der Waals surface area contributed by atoms with Crippen molar-refractivity contribution in [2.24, 2.45) is 10.9 Å². The van der Waals surface area contributed by atoms with Crippen molar-refractivity contribution in [2.75, 3.05) is 19.8 Å². The summed E-state index contributed by atoms with van der Waals surface area (Å²) in [7, 11) is 0. The maximum absolute atomic E-state index is 11.8. The highest BCUT2D eigenvalue weighted by molar-refractivity contribution is 6.30. The molecule has 0 atom stereocenters. The van der Waals surface area contributed by atoms with Gasteiger partial charge in [0.2, 0.25) is 0 Å². The number of alkyl halides is 3. The van der Waals surface area contributed by atoms with E-state index in [9.17, 15) is 13.2 Å². The summed E-state index contributed by atoms with van der Waals surface area (Å²) in [6.45, 7) is -1.29. The summed E-state index contributed by atoms with van der Waals surface area (Å²) in [6, 6.07) is 4.51. The van der Waals surface area contributed by atoms with Gasteiger partial charge in [-0.1, -0.05) is 16.8 Å². The van der Waals surface area contributed by atoms with Crippen molar-refractivity contribution >= 4 is 17.4 Å². The molecule has 0 unspecified atom stereocenters. The van der Waals surface area contributed by atoms with Crippen molar-refractivity contribution in [2.45, 2.75) is 12.6 Å². The van der Waals surface area contributed by atoms with E-state index in [0.717, 1.165) is 0 Å². The molecule has 1 aromatic rings. The van der Waals surface area contributed by atoms with E-state index in [0.29, 0.717) is 10.6 Å². The van der Waals surface area contributed by atoms with E-state index < -0.39 is 12.8 Å². The fourth-order valence-corrected chi connectivity index (χ4v) is 1.57. The standard InChI is InChI=1S/C12H14ClF3N2O3/c13-8-2-3-9(11(17)18-19)10(6-8)21-5-1-4-20-7-12(14,15)16/h2-3,6,19H,1,4-5,7H2,(H2,17,18). The third-order valence-electron chi connectivity index (χ3n) is 2.28. The van der Waals surface area contributed by atoms with Crippen molar-refractivity contribution in [1.29, 1.82) is 0 Å². The molecule has 0 aliphatic heterocycles. The summed E-state index contributed by atoms with van der Waals surface area (Å²) in [5.41, 5.74) is 5.80. The van der Waals surface area contributed by atoms with Crippen LogP contribution in [0.4, 0.5) is 13.2 Å². The van der Waals surface area contributed by atoms with Crippen LogP contribution in [0.3, 0.4) is 0 Å². The van der Waals surface area contributed by atoms with Gasteiger partial charge < -0.3 is 20.4 Å². The Hall–Kier alpha value is -1.67. The average molecular weight is 327 g/mol. The van der Waals surface area contributed by atoms with Gasteiger partial charge in [0.1, 0.15) is 12.4 Å². The number of benzene rings is 1. The van der Waals surface area contributed by atoms with Gasteiger partial charge in [-0.05, 0) is 18.2 Å². The van der Waals surface area contributed by atoms with Crippen LogP contribution in [-0.2, 0) is 4.74 Å². The van der Waals surface area contributed by atoms with E-state index >= 15 is 0 Å². The average Bonchev–Trinajstić information content (AvgIpc) is 2.41. The zero-order valence-corrected chi connectivity index (χ0v) is 11.6. The molecule has 9 heteroatoms. The number of nitrogens with two attached hydrogens (primary N) is 1. The molecule has 0 saturated heterocycles. The number of ether oxygens (including phenoxy) is 2. The van der Waals surface area contributed by atoms with Gasteiger partial charge in [0.25, 0.3) is 0 Å². The first kappa shape index (κ1) is 17.4. The van der Waals surface area contributed by atoms with Crippen LogP contribution in [-0.4, -0.2) is 37.0 Å². The molecule has 0 amide bonds. The lowest BCUT2D eigenvalue weighted by Crippen LogP contribution is -2.18. The molecule has 0 aromatic heterocycles. The van der Waals surface area contributed by atoms with Gasteiger partial charge >= 0.3 is 6.18 Å². The lowest BCUT2D eigenvalue weighted by atomic mass is 10.2. The SMILES string of the molecule is N/C(=N/O)c1ccc(Cl)cc1OCCCOCC(F)(F)F. The smallest absolute Gasteiger partial charge is 0.411 e. The number of hydrogen-bond donors (Lipinski definition) is 2. The van der Waals surface area contributed by atoms with Gasteiger partial charge in [0.05, 0.1) is 18.8 Å². The summed E-state index contributed by atoms with van der Waals surface area (Å²) in [6.07, 6.45) is -4.09. The van der Waals surface area contributed by atoms with Crippen molar-refractivity contribution in [3.05, 3.63) is 28.8 Å². The Labute approximate surface area is 124 Å². The van der Waals surface area contributed by atoms with E-state index in [1.54, 1.807) is 0 Å². The Bertz CT molecular complexity index is 495. The Morgan fingerprint density at radius 1 is 1.33 bits per heavy atom. The molecular weight excluding hydrogens is 313 g/mol. The second-order valence-electron chi connectivity index (χ2n) is 4.00. The Morgan fingerprint density at radius 3 is 2.67 bits per heavy atom. The van der Waals surface area contributed by atoms with Gasteiger partial charge in [0.15, 0.2) is 5.84 Å². The van der Waals surface area contributed by atoms with Gasteiger partial charge in [-0.2, -0.15) is 13.2 Å². The Morgan fingerprint density at radius 2 is 2.05 bits per heavy atom. The molecule has 1 rings (SSSR count). The fraction of sp³-hybridized carbons (Fsp3) is 0.417. The Kier molecular flexibility index (Phi) is 6.57. The monoisotopic (exact) mass is 326 g/mol. The summed E-state index contributed by atoms with van der Waals surface area (Å²) >= 11 is 5.80. The molecule has 0 fully saturated rings. The van der Waals surface area contributed by atoms with Crippen LogP contribution < -0.4 is 10.5 Å². The van der Waals surface area contributed by atoms with Crippen LogP contribution in [0.1, 0.15) is 12.0 Å². The van der Waals surface area contributed by atoms with Crippen molar-refractivity contribution in [1.82, 2.24) is 0 Å². The van der Waals surface area contributed by atoms with Gasteiger partial charge in [0, 0.05) is 11.4 Å². The van der Waals surface area contributed by atoms with Gasteiger partial charge in [-0.15, -0.1) is 0 Å².